The van der Waals surface area contributed by atoms with Gasteiger partial charge in [-0.25, -0.2) is 4.79 Å². The molecule has 2 N–H and O–H groups in total. The molecule has 4 atom stereocenters. The van der Waals surface area contributed by atoms with Crippen LogP contribution < -0.4 is 21.6 Å². The maximum atomic E-state index is 12.9. The number of aromatic nitrogens is 2. The van der Waals surface area contributed by atoms with Crippen LogP contribution in [0.1, 0.15) is 39.0 Å². The normalized spacial score (nSPS) is 21.5. The number of ether oxygens (including phenoxy) is 2. The highest BCUT2D eigenvalue weighted by Gasteiger charge is 2.59. The Morgan fingerprint density at radius 1 is 0.978 bits per heavy atom. The first-order valence-corrected chi connectivity index (χ1v) is 17.1. The fourth-order valence-corrected chi connectivity index (χ4v) is 11.0. The highest BCUT2D eigenvalue weighted by atomic mass is 28.4. The van der Waals surface area contributed by atoms with Gasteiger partial charge in [-0.15, -0.1) is 0 Å². The summed E-state index contributed by atoms with van der Waals surface area (Å²) in [6.07, 6.45) is -2.17. The second-order valence-corrected chi connectivity index (χ2v) is 16.8. The fourth-order valence-electron chi connectivity index (χ4n) is 6.36. The number of hydrogen-bond acceptors (Lipinski definition) is 7. The first-order chi connectivity index (χ1) is 22.1. The van der Waals surface area contributed by atoms with Crippen LogP contribution in [-0.2, 0) is 20.5 Å². The van der Waals surface area contributed by atoms with Gasteiger partial charge in [0, 0.05) is 23.7 Å². The Balaban J connectivity index is 1.64. The van der Waals surface area contributed by atoms with E-state index >= 15 is 0 Å². The zero-order valence-electron chi connectivity index (χ0n) is 26.2. The number of aliphatic hydroxyl groups is 1. The van der Waals surface area contributed by atoms with E-state index in [-0.39, 0.29) is 31.2 Å². The quantitative estimate of drug-likeness (QED) is 0.103. The maximum absolute atomic E-state index is 12.9. The Hall–Kier alpha value is -4.29. The van der Waals surface area contributed by atoms with Crippen LogP contribution in [0.2, 0.25) is 5.04 Å². The van der Waals surface area contributed by atoms with Gasteiger partial charge in [-0.1, -0.05) is 117 Å². The Morgan fingerprint density at radius 3 is 2.11 bits per heavy atom. The summed E-state index contributed by atoms with van der Waals surface area (Å²) in [5.74, 6) is 0. The molecule has 5 rings (SSSR count). The van der Waals surface area contributed by atoms with Crippen molar-refractivity contribution in [2.75, 3.05) is 13.2 Å². The Morgan fingerprint density at radius 2 is 1.57 bits per heavy atom. The lowest BCUT2D eigenvalue weighted by Gasteiger charge is -2.45. The molecule has 0 spiro atoms. The van der Waals surface area contributed by atoms with Crippen molar-refractivity contribution < 1.29 is 19.0 Å². The Kier molecular flexibility index (Phi) is 10.1. The highest BCUT2D eigenvalue weighted by Crippen LogP contribution is 2.44. The number of aliphatic hydroxyl groups excluding tert-OH is 1. The van der Waals surface area contributed by atoms with E-state index in [9.17, 15) is 20.2 Å². The molecule has 1 aliphatic heterocycles. The van der Waals surface area contributed by atoms with Crippen LogP contribution in [0.3, 0.4) is 0 Å². The SMILES string of the molecule is CC(C)(C)[Si](OC[C@@]1(CCN=[N+]=[N-])O[C@@H](n2ccc(=O)[nH]c2=O)[C@H](O)[C@@H]1OCc1ccccc1)(c1ccccc1)c1ccccc1. The summed E-state index contributed by atoms with van der Waals surface area (Å²) in [5.41, 5.74) is 7.38. The Bertz CT molecular complexity index is 1720. The van der Waals surface area contributed by atoms with E-state index in [4.69, 9.17) is 13.9 Å². The lowest BCUT2D eigenvalue weighted by atomic mass is 9.92. The molecule has 3 aromatic carbocycles. The molecule has 11 nitrogen and oxygen atoms in total. The number of azide groups is 1. The van der Waals surface area contributed by atoms with Crippen LogP contribution in [0.4, 0.5) is 0 Å². The van der Waals surface area contributed by atoms with Crippen LogP contribution in [0.15, 0.2) is 118 Å². The van der Waals surface area contributed by atoms with Crippen molar-refractivity contribution in [3.05, 3.63) is 140 Å². The lowest BCUT2D eigenvalue weighted by molar-refractivity contribution is -0.143. The molecule has 0 radical (unpaired) electrons. The largest absolute Gasteiger partial charge is 0.404 e. The van der Waals surface area contributed by atoms with Crippen molar-refractivity contribution >= 4 is 18.7 Å². The second kappa shape index (κ2) is 14.0. The van der Waals surface area contributed by atoms with E-state index in [2.05, 4.69) is 60.0 Å². The zero-order valence-corrected chi connectivity index (χ0v) is 27.2. The monoisotopic (exact) mass is 641 g/mol. The summed E-state index contributed by atoms with van der Waals surface area (Å²) in [6, 6.07) is 30.9. The third-order valence-corrected chi connectivity index (χ3v) is 13.5. The Labute approximate surface area is 268 Å². The number of benzene rings is 3. The highest BCUT2D eigenvalue weighted by molar-refractivity contribution is 6.99. The molecule has 0 bridgehead atoms. The summed E-state index contributed by atoms with van der Waals surface area (Å²) in [5, 5.41) is 17.4. The first-order valence-electron chi connectivity index (χ1n) is 15.2. The molecule has 0 unspecified atom stereocenters. The molecule has 0 saturated carbocycles. The van der Waals surface area contributed by atoms with Gasteiger partial charge in [0.2, 0.25) is 0 Å². The van der Waals surface area contributed by atoms with Gasteiger partial charge in [0.25, 0.3) is 13.9 Å². The molecular formula is C34H39N5O6Si. The van der Waals surface area contributed by atoms with Crippen LogP contribution >= 0.6 is 0 Å². The first kappa shape index (κ1) is 33.1. The molecular weight excluding hydrogens is 602 g/mol. The molecule has 2 heterocycles. The van der Waals surface area contributed by atoms with Crippen LogP contribution in [0.25, 0.3) is 10.4 Å². The average molecular weight is 642 g/mol. The molecule has 46 heavy (non-hydrogen) atoms. The van der Waals surface area contributed by atoms with E-state index in [0.29, 0.717) is 0 Å². The van der Waals surface area contributed by atoms with E-state index in [1.807, 2.05) is 66.7 Å². The van der Waals surface area contributed by atoms with Crippen LogP contribution in [0, 0.1) is 0 Å². The molecule has 1 fully saturated rings. The van der Waals surface area contributed by atoms with Crippen LogP contribution in [0.5, 0.6) is 0 Å². The number of H-pyrrole nitrogens is 1. The van der Waals surface area contributed by atoms with E-state index in [1.165, 1.54) is 12.3 Å². The van der Waals surface area contributed by atoms with Gasteiger partial charge in [0.1, 0.15) is 17.8 Å². The second-order valence-electron chi connectivity index (χ2n) is 12.5. The maximum Gasteiger partial charge on any atom is 0.330 e. The minimum atomic E-state index is -3.11. The summed E-state index contributed by atoms with van der Waals surface area (Å²) in [4.78, 5) is 30.0. The van der Waals surface area contributed by atoms with Crippen LogP contribution in [-0.4, -0.2) is 53.9 Å². The van der Waals surface area contributed by atoms with Gasteiger partial charge in [-0.3, -0.25) is 14.3 Å². The average Bonchev–Trinajstić information content (AvgIpc) is 3.32. The van der Waals surface area contributed by atoms with E-state index < -0.39 is 43.6 Å². The number of aromatic amines is 1. The summed E-state index contributed by atoms with van der Waals surface area (Å²) >= 11 is 0. The topological polar surface area (TPSA) is 152 Å². The predicted octanol–water partition coefficient (Wildman–Crippen LogP) is 4.03. The van der Waals surface area contributed by atoms with Gasteiger partial charge in [0.05, 0.1) is 13.2 Å². The van der Waals surface area contributed by atoms with E-state index in [1.54, 1.807) is 0 Å². The lowest BCUT2D eigenvalue weighted by Crippen LogP contribution is -2.68. The fraction of sp³-hybridized carbons (Fsp3) is 0.353. The third-order valence-electron chi connectivity index (χ3n) is 8.52. The zero-order chi connectivity index (χ0) is 32.8. The van der Waals surface area contributed by atoms with Gasteiger partial charge >= 0.3 is 5.69 Å². The summed E-state index contributed by atoms with van der Waals surface area (Å²) < 4.78 is 21.6. The minimum Gasteiger partial charge on any atom is -0.404 e. The summed E-state index contributed by atoms with van der Waals surface area (Å²) in [7, 11) is -3.11. The number of nitrogens with one attached hydrogen (secondary N) is 1. The van der Waals surface area contributed by atoms with Crippen molar-refractivity contribution in [3.8, 4) is 0 Å². The molecule has 1 saturated heterocycles. The molecule has 1 aliphatic rings. The minimum absolute atomic E-state index is 0.0196. The van der Waals surface area contributed by atoms with Crippen molar-refractivity contribution in [2.24, 2.45) is 5.11 Å². The van der Waals surface area contributed by atoms with Crippen molar-refractivity contribution in [3.63, 3.8) is 0 Å². The molecule has 4 aromatic rings. The number of hydrogen-bond donors (Lipinski definition) is 2. The number of nitrogens with zero attached hydrogens (tertiary/aromatic N) is 4. The van der Waals surface area contributed by atoms with Gasteiger partial charge in [0.15, 0.2) is 6.23 Å². The van der Waals surface area contributed by atoms with Crippen molar-refractivity contribution in [2.45, 2.75) is 62.9 Å². The standard InChI is InChI=1S/C34H39N5O6Si/c1-33(2,3)46(26-15-9-5-10-16-26,27-17-11-6-12-18-27)44-24-34(20-21-36-38-35)30(43-23-25-13-7-4-8-14-25)29(41)31(45-34)39-22-19-28(40)37-32(39)42/h4-19,22,29-31,41H,20-21,23-24H2,1-3H3,(H,37,40,42)/t29-,30+,31-,34-/m1/s1. The smallest absolute Gasteiger partial charge is 0.330 e. The van der Waals surface area contributed by atoms with E-state index in [0.717, 1.165) is 20.5 Å². The van der Waals surface area contributed by atoms with Crippen molar-refractivity contribution in [1.82, 2.24) is 9.55 Å². The summed E-state index contributed by atoms with van der Waals surface area (Å²) in [6.45, 7) is 6.58. The number of rotatable bonds is 12. The molecule has 240 valence electrons. The van der Waals surface area contributed by atoms with Crippen molar-refractivity contribution in [1.29, 1.82) is 0 Å². The molecule has 12 heteroatoms. The van der Waals surface area contributed by atoms with Gasteiger partial charge in [-0.05, 0) is 32.9 Å². The predicted molar refractivity (Wildman–Crippen MR) is 177 cm³/mol. The molecule has 0 aliphatic carbocycles. The molecule has 0 amide bonds. The van der Waals surface area contributed by atoms with Gasteiger partial charge < -0.3 is 19.0 Å². The third kappa shape index (κ3) is 6.63. The van der Waals surface area contributed by atoms with Gasteiger partial charge in [-0.2, -0.15) is 0 Å². The molecule has 1 aromatic heterocycles.